The van der Waals surface area contributed by atoms with Crippen molar-refractivity contribution in [2.75, 3.05) is 45.0 Å². The molecule has 3 saturated heterocycles. The maximum Gasteiger partial charge on any atom is 1.00 e. The molecule has 0 amide bonds. The number of nitrogens with zero attached hydrogens (tertiary/aromatic N) is 5. The van der Waals surface area contributed by atoms with Crippen LogP contribution >= 0.6 is 31.9 Å². The number of hydrogen-bond acceptors (Lipinski definition) is 21. The van der Waals surface area contributed by atoms with Gasteiger partial charge < -0.3 is 39.6 Å². The van der Waals surface area contributed by atoms with E-state index >= 15 is 0 Å². The molecule has 25 nitrogen and oxygen atoms in total. The molecular formula is C66H62Br2F5N6NaO19S2. The first kappa shape index (κ1) is 88.0. The number of hydrogen-bond donors (Lipinski definition) is 5. The van der Waals surface area contributed by atoms with Crippen molar-refractivity contribution in [3.63, 3.8) is 0 Å². The maximum absolute atomic E-state index is 13.1. The number of carbonyl (C=O) groups is 4. The van der Waals surface area contributed by atoms with Crippen molar-refractivity contribution >= 4 is 93.6 Å². The summed E-state index contributed by atoms with van der Waals surface area (Å²) in [5.74, 6) is 7.44. The standard InChI is InChI=1S/C18H13FN2O2.2C10H9BrN2O2.C8H5F.C7H8O3S.C5H6O3.C4H6O2.C3H6O2.CHF3O3S.Na/c19-16-3-1-2-13(10-16)4-5-14-6-8-21-17(11-14)20-12-15(7-9-22)18(21)23;11-8-1-3-13-9(5-8)12-6-7(2-4-14)10(13)15;11-8-1-3-12-9(5-8)13-6-7-2-4-15-10(7)14;1-2-7-4-3-5-8(9)6-7;1-6-2-4-7(5-3-6)11(8,9)10;6-3-4-1-2-8-5(4)7;5-4-2-1-3-6-4;1-2-5-3-4;2-1(3,4)8(5,6)7;/h1-3,6,8,10-12,22H,7,9H2;1,3,5-6,14H,2,4H2;1,3,5-6H,2,4H2,(H,12,13);1,3-6H;2-5H,1H3,(H,8,9,10);3,6H,1-2H2;1-3H2;3H,2H2,1H3;(H,5,6,7);/q;;;;;;;;;+1/p-1/b;;7-6+;;;4-3+;;;;. The van der Waals surface area contributed by atoms with Gasteiger partial charge in [0.2, 0.25) is 0 Å². The smallest absolute Gasteiger partial charge is 0.878 e. The van der Waals surface area contributed by atoms with Crippen LogP contribution in [-0.4, -0.2) is 129 Å². The summed E-state index contributed by atoms with van der Waals surface area (Å²) in [7, 11) is -9.86. The summed E-state index contributed by atoms with van der Waals surface area (Å²) in [4.78, 5) is 77.0. The van der Waals surface area contributed by atoms with E-state index < -0.39 is 31.7 Å². The van der Waals surface area contributed by atoms with Gasteiger partial charge in [-0.25, -0.2) is 33.3 Å². The van der Waals surface area contributed by atoms with Crippen LogP contribution in [0, 0.1) is 42.7 Å². The van der Waals surface area contributed by atoms with E-state index in [9.17, 15) is 64.2 Å². The molecule has 8 aromatic rings. The van der Waals surface area contributed by atoms with Gasteiger partial charge in [0.15, 0.2) is 0 Å². The van der Waals surface area contributed by atoms with Crippen LogP contribution in [0.5, 0.6) is 0 Å². The van der Waals surface area contributed by atoms with Crippen molar-refractivity contribution in [3.05, 3.63) is 238 Å². The van der Waals surface area contributed by atoms with Crippen molar-refractivity contribution in [2.24, 2.45) is 0 Å². The minimum absolute atomic E-state index is 0. The zero-order valence-corrected chi connectivity index (χ0v) is 60.5. The summed E-state index contributed by atoms with van der Waals surface area (Å²) in [6.07, 6.45) is 18.4. The molecule has 0 radical (unpaired) electrons. The fraction of sp³-hybridized carbons (Fsp3) is 0.227. The van der Waals surface area contributed by atoms with Crippen molar-refractivity contribution < 1.29 is 131 Å². The van der Waals surface area contributed by atoms with Gasteiger partial charge in [0.25, 0.3) is 27.7 Å². The third kappa shape index (κ3) is 33.3. The molecule has 8 heterocycles. The number of rotatable bonds is 9. The van der Waals surface area contributed by atoms with E-state index in [0.29, 0.717) is 115 Å². The number of aliphatic hydroxyl groups is 2. The number of aromatic nitrogens is 5. The Morgan fingerprint density at radius 1 is 0.693 bits per heavy atom. The summed E-state index contributed by atoms with van der Waals surface area (Å²) < 4.78 is 135. The Hall–Kier alpha value is -9.04. The molecule has 0 aliphatic carbocycles. The average molecular weight is 1590 g/mol. The molecule has 0 saturated carbocycles. The number of benzene rings is 3. The molecule has 0 atom stereocenters. The molecule has 3 aliphatic rings. The van der Waals surface area contributed by atoms with Gasteiger partial charge in [-0.2, -0.15) is 30.0 Å². The molecule has 0 spiro atoms. The number of nitrogens with one attached hydrogen (secondary N) is 1. The molecule has 5 aromatic heterocycles. The number of fused-ring (bicyclic) bond motifs is 2. The number of anilines is 1. The van der Waals surface area contributed by atoms with Crippen molar-refractivity contribution in [2.45, 2.75) is 62.8 Å². The van der Waals surface area contributed by atoms with Gasteiger partial charge in [-0.05, 0) is 105 Å². The summed E-state index contributed by atoms with van der Waals surface area (Å²) in [5, 5.41) is 30.5. The predicted octanol–water partition coefficient (Wildman–Crippen LogP) is 4.97. The minimum atomic E-state index is -5.84. The van der Waals surface area contributed by atoms with Crippen molar-refractivity contribution in [1.29, 1.82) is 0 Å². The number of ether oxygens (including phenoxy) is 4. The molecule has 3 fully saturated rings. The Morgan fingerprint density at radius 3 is 1.59 bits per heavy atom. The number of esters is 3. The number of carbonyl (C=O) groups excluding carboxylic acids is 4. The average Bonchev–Trinajstić information content (AvgIpc) is 1.24. The van der Waals surface area contributed by atoms with Crippen LogP contribution < -0.4 is 51.1 Å². The quantitative estimate of drug-likeness (QED) is 0.0122. The van der Waals surface area contributed by atoms with Crippen LogP contribution in [0.2, 0.25) is 0 Å². The summed E-state index contributed by atoms with van der Waals surface area (Å²) in [6, 6.07) is 28.6. The van der Waals surface area contributed by atoms with E-state index in [4.69, 9.17) is 38.9 Å². The molecule has 3 aliphatic heterocycles. The van der Waals surface area contributed by atoms with E-state index in [-0.39, 0.29) is 94.4 Å². The van der Waals surface area contributed by atoms with Gasteiger partial charge in [0.1, 0.15) is 28.7 Å². The predicted molar refractivity (Wildman–Crippen MR) is 358 cm³/mol. The number of aryl methyl sites for hydroxylation is 1. The fourth-order valence-electron chi connectivity index (χ4n) is 7.18. The molecule has 11 rings (SSSR count). The second-order valence-electron chi connectivity index (χ2n) is 19.4. The van der Waals surface area contributed by atoms with Crippen LogP contribution in [-0.2, 0) is 71.2 Å². The Labute approximate surface area is 614 Å². The summed E-state index contributed by atoms with van der Waals surface area (Å²) >= 11 is 6.65. The van der Waals surface area contributed by atoms with Crippen LogP contribution in [0.25, 0.3) is 11.3 Å². The van der Waals surface area contributed by atoms with Gasteiger partial charge in [-0.15, -0.1) is 12.7 Å². The van der Waals surface area contributed by atoms with Crippen LogP contribution in [0.1, 0.15) is 66.0 Å². The Kier molecular flexibility index (Phi) is 39.8. The van der Waals surface area contributed by atoms with Gasteiger partial charge in [0, 0.05) is 125 Å². The van der Waals surface area contributed by atoms with Gasteiger partial charge >= 0.3 is 63.1 Å². The Balaban J connectivity index is 0.000000401. The normalized spacial score (nSPS) is 13.2. The van der Waals surface area contributed by atoms with Gasteiger partial charge in [-0.3, -0.25) is 37.1 Å². The molecule has 101 heavy (non-hydrogen) atoms. The molecular weight excluding hydrogens is 1520 g/mol. The molecule has 35 heteroatoms. The fourth-order valence-corrected chi connectivity index (χ4v) is 8.32. The van der Waals surface area contributed by atoms with Crippen molar-refractivity contribution in [1.82, 2.24) is 23.8 Å². The maximum atomic E-state index is 13.1. The second kappa shape index (κ2) is 45.7. The zero-order valence-electron chi connectivity index (χ0n) is 53.7. The number of cyclic esters (lactones) is 3. The van der Waals surface area contributed by atoms with Crippen molar-refractivity contribution in [3.8, 4) is 24.2 Å². The Morgan fingerprint density at radius 2 is 1.20 bits per heavy atom. The van der Waals surface area contributed by atoms with E-state index in [1.807, 2.05) is 19.1 Å². The monoisotopic (exact) mass is 1580 g/mol. The second-order valence-corrected chi connectivity index (χ2v) is 24.1. The van der Waals surface area contributed by atoms with Crippen LogP contribution in [0.4, 0.5) is 27.8 Å². The van der Waals surface area contributed by atoms with E-state index in [1.165, 1.54) is 57.6 Å². The number of pyridine rings is 3. The first-order valence-electron chi connectivity index (χ1n) is 28.8. The van der Waals surface area contributed by atoms with E-state index in [1.54, 1.807) is 92.4 Å². The molecule has 0 bridgehead atoms. The number of terminal acetylenes is 1. The molecule has 3 aromatic carbocycles. The summed E-state index contributed by atoms with van der Waals surface area (Å²) in [6.45, 7) is 5.84. The van der Waals surface area contributed by atoms with Gasteiger partial charge in [0.05, 0.1) is 36.9 Å². The summed E-state index contributed by atoms with van der Waals surface area (Å²) in [5.41, 5.74) is -0.110. The largest absolute Gasteiger partial charge is 1.00 e. The number of alkyl halides is 3. The number of halogens is 7. The number of aliphatic hydroxyl groups excluding tert-OH is 2. The topological polar surface area (TPSA) is 371 Å². The zero-order chi connectivity index (χ0) is 74.4. The van der Waals surface area contributed by atoms with Gasteiger partial charge in [-0.1, -0.05) is 79.5 Å². The molecule has 0 unspecified atom stereocenters. The molecule has 532 valence electrons. The first-order valence-corrected chi connectivity index (χ1v) is 33.2. The Bertz CT molecular complexity index is 4600. The SMILES string of the molecule is C#Cc1cccc(F)c1.CCOC=O.Cc1ccc(S(=O)(=O)O)cc1.O=C1CCCO1.O=C1OCC/C1=C\Nc1cc(Br)ccn1.O=C1OCC/C1=C\[O-].O=S(=O)(O)C(F)(F)F.O=c1c(CCO)cnc2cc(Br)ccn12.O=c1c(CCO)cnc2cc(C#Cc3cccc(F)c3)ccn12.[Na+]. The van der Waals surface area contributed by atoms with E-state index in [0.717, 1.165) is 20.9 Å². The third-order valence-electron chi connectivity index (χ3n) is 12.1. The van der Waals surface area contributed by atoms with Crippen LogP contribution in [0.15, 0.2) is 187 Å². The third-order valence-corrected chi connectivity index (χ3v) is 14.5. The first-order chi connectivity index (χ1) is 47.4. The molecule has 5 N–H and O–H groups in total. The van der Waals surface area contributed by atoms with Crippen LogP contribution in [0.3, 0.4) is 0 Å². The van der Waals surface area contributed by atoms with E-state index in [2.05, 4.69) is 84.1 Å². The minimum Gasteiger partial charge on any atom is -0.878 e.